The summed E-state index contributed by atoms with van der Waals surface area (Å²) in [6.07, 6.45) is 1.55. The van der Waals surface area contributed by atoms with Crippen LogP contribution < -0.4 is 18.9 Å². The molecule has 8 heteroatoms. The number of methoxy groups -OCH3 is 2. The van der Waals surface area contributed by atoms with Crippen LogP contribution in [0.1, 0.15) is 22.3 Å². The predicted molar refractivity (Wildman–Crippen MR) is 178 cm³/mol. The molecule has 2 aliphatic rings. The molecule has 4 aromatic carbocycles. The zero-order valence-corrected chi connectivity index (χ0v) is 27.6. The molecule has 0 radical (unpaired) electrons. The van der Waals surface area contributed by atoms with E-state index in [4.69, 9.17) is 42.1 Å². The summed E-state index contributed by atoms with van der Waals surface area (Å²) < 4.78 is 24.5. The Morgan fingerprint density at radius 3 is 1.75 bits per heavy atom. The van der Waals surface area contributed by atoms with Crippen LogP contribution in [0.2, 0.25) is 10.0 Å². The van der Waals surface area contributed by atoms with Crippen LogP contribution in [0.25, 0.3) is 22.3 Å². The number of likely N-dealkylation sites (N-methyl/N-ethyl adjacent to an activating group) is 2. The van der Waals surface area contributed by atoms with E-state index in [9.17, 15) is 0 Å². The zero-order valence-electron chi connectivity index (χ0n) is 26.0. The summed E-state index contributed by atoms with van der Waals surface area (Å²) in [6.45, 7) is 5.75. The van der Waals surface area contributed by atoms with Crippen molar-refractivity contribution in [3.8, 4) is 45.3 Å². The average molecular weight is 634 g/mol. The third-order valence-electron chi connectivity index (χ3n) is 8.87. The molecule has 6 rings (SSSR count). The number of benzene rings is 4. The zero-order chi connectivity index (χ0) is 31.1. The molecular weight excluding hydrogens is 595 g/mol. The first-order valence-electron chi connectivity index (χ1n) is 14.8. The molecule has 0 spiro atoms. The van der Waals surface area contributed by atoms with Gasteiger partial charge in [-0.05, 0) is 60.9 Å². The molecule has 2 aliphatic heterocycles. The number of hydrogen-bond acceptors (Lipinski definition) is 6. The maximum absolute atomic E-state index is 6.65. The minimum Gasteiger partial charge on any atom is -0.497 e. The second kappa shape index (κ2) is 12.5. The quantitative estimate of drug-likeness (QED) is 0.174. The SMILES string of the molecule is COc1cc2c(c(-c3cccc(C)c3C)c1)OC(CN(C)N(C)CC1Cc3cc(OC)cc(-c4cccc(Cl)c4Cl)c3O1)C2. The summed E-state index contributed by atoms with van der Waals surface area (Å²) in [6, 6.07) is 20.3. The smallest absolute Gasteiger partial charge is 0.131 e. The normalized spacial score (nSPS) is 17.0. The molecule has 0 saturated carbocycles. The molecular formula is C36H38Cl2N2O4. The number of nitrogens with zero attached hydrogens (tertiary/aromatic N) is 2. The van der Waals surface area contributed by atoms with E-state index < -0.39 is 0 Å². The summed E-state index contributed by atoms with van der Waals surface area (Å²) in [7, 11) is 7.58. The van der Waals surface area contributed by atoms with E-state index in [-0.39, 0.29) is 12.2 Å². The number of fused-ring (bicyclic) bond motifs is 2. The number of aryl methyl sites for hydroxylation is 1. The van der Waals surface area contributed by atoms with Gasteiger partial charge < -0.3 is 18.9 Å². The molecule has 0 fully saturated rings. The average Bonchev–Trinajstić information content (AvgIpc) is 3.61. The Morgan fingerprint density at radius 2 is 1.20 bits per heavy atom. The summed E-state index contributed by atoms with van der Waals surface area (Å²) in [5, 5.41) is 5.43. The van der Waals surface area contributed by atoms with Gasteiger partial charge in [-0.1, -0.05) is 53.5 Å². The topological polar surface area (TPSA) is 43.4 Å². The van der Waals surface area contributed by atoms with Gasteiger partial charge in [0.2, 0.25) is 0 Å². The fraction of sp³-hybridized carbons (Fsp3) is 0.333. The van der Waals surface area contributed by atoms with E-state index in [1.165, 1.54) is 22.3 Å². The van der Waals surface area contributed by atoms with E-state index in [1.807, 2.05) is 24.3 Å². The van der Waals surface area contributed by atoms with Gasteiger partial charge in [0.15, 0.2) is 0 Å². The number of halogens is 2. The highest BCUT2D eigenvalue weighted by Crippen LogP contribution is 2.46. The van der Waals surface area contributed by atoms with Gasteiger partial charge in [-0.3, -0.25) is 0 Å². The second-order valence-corrected chi connectivity index (χ2v) is 12.5. The largest absolute Gasteiger partial charge is 0.497 e. The lowest BCUT2D eigenvalue weighted by molar-refractivity contribution is -0.0221. The Labute approximate surface area is 270 Å². The first-order valence-corrected chi connectivity index (χ1v) is 15.6. The van der Waals surface area contributed by atoms with Crippen LogP contribution in [-0.4, -0.2) is 63.6 Å². The first-order chi connectivity index (χ1) is 21.2. The van der Waals surface area contributed by atoms with Gasteiger partial charge in [0.25, 0.3) is 0 Å². The van der Waals surface area contributed by atoms with E-state index in [1.54, 1.807) is 20.3 Å². The summed E-state index contributed by atoms with van der Waals surface area (Å²) in [5.41, 5.74) is 8.76. The molecule has 6 nitrogen and oxygen atoms in total. The molecule has 230 valence electrons. The number of rotatable bonds is 9. The van der Waals surface area contributed by atoms with Gasteiger partial charge in [-0.25, -0.2) is 10.0 Å². The van der Waals surface area contributed by atoms with E-state index in [2.05, 4.69) is 68.3 Å². The van der Waals surface area contributed by atoms with Crippen LogP contribution in [0.5, 0.6) is 23.0 Å². The van der Waals surface area contributed by atoms with E-state index in [0.717, 1.165) is 64.6 Å². The predicted octanol–water partition coefficient (Wildman–Crippen LogP) is 8.05. The highest BCUT2D eigenvalue weighted by molar-refractivity contribution is 6.43. The van der Waals surface area contributed by atoms with Crippen molar-refractivity contribution in [2.45, 2.75) is 38.9 Å². The molecule has 2 atom stereocenters. The fourth-order valence-corrected chi connectivity index (χ4v) is 6.67. The molecule has 0 saturated heterocycles. The molecule has 0 N–H and O–H groups in total. The van der Waals surface area contributed by atoms with Crippen LogP contribution in [0.4, 0.5) is 0 Å². The van der Waals surface area contributed by atoms with Gasteiger partial charge in [0, 0.05) is 54.8 Å². The first kappa shape index (κ1) is 30.6. The number of ether oxygens (including phenoxy) is 4. The Bertz CT molecular complexity index is 1580. The van der Waals surface area contributed by atoms with Crippen LogP contribution in [0.15, 0.2) is 60.7 Å². The Balaban J connectivity index is 1.16. The lowest BCUT2D eigenvalue weighted by Gasteiger charge is -2.31. The van der Waals surface area contributed by atoms with Gasteiger partial charge in [-0.2, -0.15) is 0 Å². The molecule has 4 aromatic rings. The molecule has 2 unspecified atom stereocenters. The van der Waals surface area contributed by atoms with Crippen molar-refractivity contribution >= 4 is 23.2 Å². The maximum atomic E-state index is 6.65. The Hall–Kier alpha value is -3.42. The van der Waals surface area contributed by atoms with Crippen molar-refractivity contribution in [3.05, 3.63) is 93.0 Å². The Kier molecular flexibility index (Phi) is 8.71. The lowest BCUT2D eigenvalue weighted by atomic mass is 9.94. The van der Waals surface area contributed by atoms with E-state index in [0.29, 0.717) is 16.6 Å². The van der Waals surface area contributed by atoms with Crippen molar-refractivity contribution < 1.29 is 18.9 Å². The van der Waals surface area contributed by atoms with Crippen LogP contribution >= 0.6 is 23.2 Å². The highest BCUT2D eigenvalue weighted by Gasteiger charge is 2.32. The fourth-order valence-electron chi connectivity index (χ4n) is 6.27. The second-order valence-electron chi connectivity index (χ2n) is 11.7. The van der Waals surface area contributed by atoms with Crippen LogP contribution in [-0.2, 0) is 12.8 Å². The van der Waals surface area contributed by atoms with Crippen molar-refractivity contribution in [3.63, 3.8) is 0 Å². The van der Waals surface area contributed by atoms with Gasteiger partial charge >= 0.3 is 0 Å². The number of hydrogen-bond donors (Lipinski definition) is 0. The van der Waals surface area contributed by atoms with Gasteiger partial charge in [-0.15, -0.1) is 0 Å². The van der Waals surface area contributed by atoms with Crippen molar-refractivity contribution in [1.29, 1.82) is 0 Å². The van der Waals surface area contributed by atoms with Crippen molar-refractivity contribution in [1.82, 2.24) is 10.0 Å². The van der Waals surface area contributed by atoms with Crippen molar-refractivity contribution in [2.24, 2.45) is 0 Å². The van der Waals surface area contributed by atoms with E-state index >= 15 is 0 Å². The monoisotopic (exact) mass is 632 g/mol. The third kappa shape index (κ3) is 5.84. The molecule has 0 amide bonds. The van der Waals surface area contributed by atoms with Gasteiger partial charge in [0.05, 0.1) is 37.4 Å². The lowest BCUT2D eigenvalue weighted by Crippen LogP contribution is -2.46. The highest BCUT2D eigenvalue weighted by atomic mass is 35.5. The molecule has 44 heavy (non-hydrogen) atoms. The van der Waals surface area contributed by atoms with Gasteiger partial charge in [0.1, 0.15) is 35.2 Å². The van der Waals surface area contributed by atoms with Crippen LogP contribution in [0, 0.1) is 13.8 Å². The number of hydrazine groups is 1. The molecule has 0 bridgehead atoms. The molecule has 0 aliphatic carbocycles. The minimum absolute atomic E-state index is 0.0101. The third-order valence-corrected chi connectivity index (χ3v) is 9.69. The maximum Gasteiger partial charge on any atom is 0.131 e. The van der Waals surface area contributed by atoms with Crippen molar-refractivity contribution in [2.75, 3.05) is 41.4 Å². The molecule has 2 heterocycles. The standard InChI is InChI=1S/C36H38Cl2N2O4/c1-21-9-7-10-29(22(21)2)31-17-25(41-5)13-23-15-27(43-35(23)31)19-39(3)40(4)20-28-16-24-14-26(42-6)18-32(36(24)44-28)30-11-8-12-33(37)34(30)38/h7-14,17-18,27-28H,15-16,19-20H2,1-6H3. The summed E-state index contributed by atoms with van der Waals surface area (Å²) >= 11 is 13.0. The summed E-state index contributed by atoms with van der Waals surface area (Å²) in [5.74, 6) is 3.40. The van der Waals surface area contributed by atoms with Crippen LogP contribution in [0.3, 0.4) is 0 Å². The Morgan fingerprint density at radius 1 is 0.705 bits per heavy atom. The summed E-state index contributed by atoms with van der Waals surface area (Å²) in [4.78, 5) is 0. The molecule has 0 aromatic heterocycles. The minimum atomic E-state index is -0.0388.